The fourth-order valence-electron chi connectivity index (χ4n) is 3.44. The Balaban J connectivity index is 1.73. The van der Waals surface area contributed by atoms with Gasteiger partial charge < -0.3 is 20.2 Å². The zero-order valence-corrected chi connectivity index (χ0v) is 17.5. The van der Waals surface area contributed by atoms with E-state index in [4.69, 9.17) is 11.6 Å². The van der Waals surface area contributed by atoms with Gasteiger partial charge in [0.15, 0.2) is 0 Å². The van der Waals surface area contributed by atoms with Crippen molar-refractivity contribution in [1.82, 2.24) is 4.90 Å². The summed E-state index contributed by atoms with van der Waals surface area (Å²) in [6.45, 7) is 11.3. The molecule has 6 heteroatoms. The first-order valence-electron chi connectivity index (χ1n) is 9.80. The molecule has 1 fully saturated rings. The molecule has 0 spiro atoms. The van der Waals surface area contributed by atoms with E-state index in [0.717, 1.165) is 44.0 Å². The molecule has 0 aromatic heterocycles. The van der Waals surface area contributed by atoms with Crippen LogP contribution in [0.4, 0.5) is 11.4 Å². The van der Waals surface area contributed by atoms with E-state index >= 15 is 0 Å². The van der Waals surface area contributed by atoms with Crippen molar-refractivity contribution in [3.8, 4) is 5.75 Å². The number of benzene rings is 2. The third kappa shape index (κ3) is 4.59. The van der Waals surface area contributed by atoms with E-state index in [2.05, 4.69) is 22.0 Å². The largest absolute Gasteiger partial charge is 0.507 e. The number of likely N-dealkylation sites (N-methyl/N-ethyl adjacent to an activating group) is 1. The molecule has 5 nitrogen and oxygen atoms in total. The van der Waals surface area contributed by atoms with Crippen LogP contribution >= 0.6 is 11.6 Å². The molecule has 0 radical (unpaired) electrons. The lowest BCUT2D eigenvalue weighted by atomic mass is 10.00. The number of carbonyl (C=O) groups excluding carboxylic acids is 1. The Bertz CT molecular complexity index is 846. The van der Waals surface area contributed by atoms with Gasteiger partial charge in [0.2, 0.25) is 0 Å². The number of nitrogens with one attached hydrogen (secondary N) is 1. The zero-order valence-electron chi connectivity index (χ0n) is 16.7. The number of hydrogen-bond acceptors (Lipinski definition) is 4. The number of nitrogens with zero attached hydrogens (tertiary/aromatic N) is 2. The lowest BCUT2D eigenvalue weighted by molar-refractivity contribution is 0.102. The second kappa shape index (κ2) is 8.84. The van der Waals surface area contributed by atoms with Crippen LogP contribution in [-0.2, 0) is 0 Å². The van der Waals surface area contributed by atoms with Crippen LogP contribution in [0.5, 0.6) is 5.75 Å². The summed E-state index contributed by atoms with van der Waals surface area (Å²) in [6, 6.07) is 10.7. The highest BCUT2D eigenvalue weighted by Gasteiger charge is 2.19. The third-order valence-electron chi connectivity index (χ3n) is 5.30. The minimum atomic E-state index is -0.347. The molecule has 2 aromatic rings. The van der Waals surface area contributed by atoms with Gasteiger partial charge in [-0.25, -0.2) is 0 Å². The van der Waals surface area contributed by atoms with Crippen molar-refractivity contribution in [3.63, 3.8) is 0 Å². The van der Waals surface area contributed by atoms with Crippen LogP contribution in [0.3, 0.4) is 0 Å². The monoisotopic (exact) mass is 401 g/mol. The fourth-order valence-corrected chi connectivity index (χ4v) is 3.74. The highest BCUT2D eigenvalue weighted by molar-refractivity contribution is 6.33. The topological polar surface area (TPSA) is 55.8 Å². The first-order chi connectivity index (χ1) is 13.4. The predicted molar refractivity (Wildman–Crippen MR) is 116 cm³/mol. The van der Waals surface area contributed by atoms with Crippen molar-refractivity contribution in [2.45, 2.75) is 26.7 Å². The summed E-state index contributed by atoms with van der Waals surface area (Å²) < 4.78 is 0. The molecule has 0 bridgehead atoms. The molecule has 150 valence electrons. The van der Waals surface area contributed by atoms with Crippen molar-refractivity contribution in [2.75, 3.05) is 42.9 Å². The van der Waals surface area contributed by atoms with Gasteiger partial charge in [0.05, 0.1) is 16.3 Å². The number of rotatable bonds is 5. The summed E-state index contributed by atoms with van der Waals surface area (Å²) in [6.07, 6.45) is 0. The van der Waals surface area contributed by atoms with E-state index in [1.807, 2.05) is 32.0 Å². The summed E-state index contributed by atoms with van der Waals surface area (Å²) in [5, 5.41) is 13.5. The van der Waals surface area contributed by atoms with Gasteiger partial charge >= 0.3 is 0 Å². The molecule has 3 rings (SSSR count). The Labute approximate surface area is 171 Å². The maximum Gasteiger partial charge on any atom is 0.259 e. The second-order valence-corrected chi connectivity index (χ2v) is 7.88. The summed E-state index contributed by atoms with van der Waals surface area (Å²) in [5.74, 6) is -0.104. The fraction of sp³-hybridized carbons (Fsp3) is 0.409. The van der Waals surface area contributed by atoms with E-state index in [0.29, 0.717) is 10.7 Å². The SMILES string of the molecule is CCN1CCN(c2ccc(NC(=O)c3cc(C(C)C)ccc3O)cc2Cl)CC1. The van der Waals surface area contributed by atoms with Gasteiger partial charge in [-0.1, -0.05) is 38.4 Å². The smallest absolute Gasteiger partial charge is 0.259 e. The van der Waals surface area contributed by atoms with Crippen molar-refractivity contribution in [1.29, 1.82) is 0 Å². The molecule has 0 aliphatic carbocycles. The Morgan fingerprint density at radius 2 is 1.86 bits per heavy atom. The van der Waals surface area contributed by atoms with Gasteiger partial charge in [0.1, 0.15) is 5.75 Å². The molecular formula is C22H28ClN3O2. The van der Waals surface area contributed by atoms with E-state index in [1.54, 1.807) is 18.2 Å². The number of piperazine rings is 1. The molecule has 1 aliphatic rings. The molecular weight excluding hydrogens is 374 g/mol. The van der Waals surface area contributed by atoms with Gasteiger partial charge in [-0.15, -0.1) is 0 Å². The number of anilines is 2. The molecule has 1 heterocycles. The van der Waals surface area contributed by atoms with Crippen LogP contribution in [0.25, 0.3) is 0 Å². The Hall–Kier alpha value is -2.24. The van der Waals surface area contributed by atoms with E-state index in [-0.39, 0.29) is 23.1 Å². The second-order valence-electron chi connectivity index (χ2n) is 7.47. The average Bonchev–Trinajstić information content (AvgIpc) is 2.68. The van der Waals surface area contributed by atoms with Gasteiger partial charge in [-0.3, -0.25) is 4.79 Å². The minimum absolute atomic E-state index is 0.0292. The van der Waals surface area contributed by atoms with E-state index in [1.165, 1.54) is 0 Å². The third-order valence-corrected chi connectivity index (χ3v) is 5.60. The average molecular weight is 402 g/mol. The highest BCUT2D eigenvalue weighted by atomic mass is 35.5. The molecule has 1 amide bonds. The number of phenols is 1. The first-order valence-corrected chi connectivity index (χ1v) is 10.2. The zero-order chi connectivity index (χ0) is 20.3. The molecule has 0 saturated carbocycles. The predicted octanol–water partition coefficient (Wildman–Crippen LogP) is 4.56. The van der Waals surface area contributed by atoms with E-state index < -0.39 is 0 Å². The Kier molecular flexibility index (Phi) is 6.47. The van der Waals surface area contributed by atoms with Crippen LogP contribution < -0.4 is 10.2 Å². The van der Waals surface area contributed by atoms with Gasteiger partial charge in [-0.05, 0) is 48.4 Å². The van der Waals surface area contributed by atoms with Crippen molar-refractivity contribution < 1.29 is 9.90 Å². The van der Waals surface area contributed by atoms with Crippen LogP contribution in [0, 0.1) is 0 Å². The highest BCUT2D eigenvalue weighted by Crippen LogP contribution is 2.30. The standard InChI is InChI=1S/C22H28ClN3O2/c1-4-25-9-11-26(12-10-25)20-7-6-17(14-19(20)23)24-22(28)18-13-16(15(2)3)5-8-21(18)27/h5-8,13-15,27H,4,9-12H2,1-3H3,(H,24,28). The molecule has 2 aromatic carbocycles. The number of carbonyl (C=O) groups is 1. The molecule has 1 aliphatic heterocycles. The number of phenolic OH excluding ortho intramolecular Hbond substituents is 1. The van der Waals surface area contributed by atoms with Crippen molar-refractivity contribution in [3.05, 3.63) is 52.5 Å². The molecule has 28 heavy (non-hydrogen) atoms. The lowest BCUT2D eigenvalue weighted by Crippen LogP contribution is -2.46. The minimum Gasteiger partial charge on any atom is -0.507 e. The van der Waals surface area contributed by atoms with Crippen LogP contribution in [-0.4, -0.2) is 48.6 Å². The number of halogens is 1. The quantitative estimate of drug-likeness (QED) is 0.770. The maximum absolute atomic E-state index is 12.6. The Morgan fingerprint density at radius 3 is 2.46 bits per heavy atom. The molecule has 2 N–H and O–H groups in total. The van der Waals surface area contributed by atoms with Crippen LogP contribution in [0.2, 0.25) is 5.02 Å². The maximum atomic E-state index is 12.6. The lowest BCUT2D eigenvalue weighted by Gasteiger charge is -2.36. The van der Waals surface area contributed by atoms with E-state index in [9.17, 15) is 9.90 Å². The van der Waals surface area contributed by atoms with Crippen LogP contribution in [0.15, 0.2) is 36.4 Å². The molecule has 0 unspecified atom stereocenters. The Morgan fingerprint density at radius 1 is 1.14 bits per heavy atom. The molecule has 0 atom stereocenters. The summed E-state index contributed by atoms with van der Waals surface area (Å²) >= 11 is 6.50. The van der Waals surface area contributed by atoms with Crippen LogP contribution in [0.1, 0.15) is 42.6 Å². The summed E-state index contributed by atoms with van der Waals surface area (Å²) in [4.78, 5) is 17.3. The number of aromatic hydroxyl groups is 1. The molecule has 1 saturated heterocycles. The van der Waals surface area contributed by atoms with Gasteiger partial charge in [-0.2, -0.15) is 0 Å². The van der Waals surface area contributed by atoms with Gasteiger partial charge in [0.25, 0.3) is 5.91 Å². The number of hydrogen-bond donors (Lipinski definition) is 2. The number of amides is 1. The normalized spacial score (nSPS) is 15.1. The van der Waals surface area contributed by atoms with Crippen molar-refractivity contribution >= 4 is 28.9 Å². The summed E-state index contributed by atoms with van der Waals surface area (Å²) in [5.41, 5.74) is 2.87. The first kappa shape index (κ1) is 20.5. The van der Waals surface area contributed by atoms with Gasteiger partial charge in [0, 0.05) is 31.9 Å². The van der Waals surface area contributed by atoms with Crippen molar-refractivity contribution in [2.24, 2.45) is 0 Å². The summed E-state index contributed by atoms with van der Waals surface area (Å²) in [7, 11) is 0.